The molecule has 0 saturated heterocycles. The van der Waals surface area contributed by atoms with Crippen LogP contribution in [0.3, 0.4) is 0 Å². The third-order valence-corrected chi connectivity index (χ3v) is 6.25. The minimum atomic E-state index is -6.44. The second kappa shape index (κ2) is 2.54. The Bertz CT molecular complexity index is 76.2. The summed E-state index contributed by atoms with van der Waals surface area (Å²) in [7, 11) is -14.6. The van der Waals surface area contributed by atoms with Gasteiger partial charge in [0.25, 0.3) is 0 Å². The highest BCUT2D eigenvalue weighted by Gasteiger charge is 2.56. The van der Waals surface area contributed by atoms with Crippen LogP contribution < -0.4 is 0 Å². The molecule has 0 N–H and O–H groups in total. The summed E-state index contributed by atoms with van der Waals surface area (Å²) in [5, 5.41) is 0. The third-order valence-electron chi connectivity index (χ3n) is 0.231. The van der Waals surface area contributed by atoms with Crippen molar-refractivity contribution in [3.63, 3.8) is 0 Å². The van der Waals surface area contributed by atoms with Crippen LogP contribution in [0.1, 0.15) is 0 Å². The zero-order valence-corrected chi connectivity index (χ0v) is 6.49. The van der Waals surface area contributed by atoms with Crippen LogP contribution in [0.5, 0.6) is 0 Å². The summed E-state index contributed by atoms with van der Waals surface area (Å²) in [6.07, 6.45) is 0. The maximum Gasteiger partial charge on any atom is 0.692 e. The van der Waals surface area contributed by atoms with E-state index >= 15 is 0 Å². The zero-order chi connectivity index (χ0) is 7.71. The van der Waals surface area contributed by atoms with E-state index in [1.54, 1.807) is 0 Å². The fourth-order valence-corrected chi connectivity index (χ4v) is 3.54. The number of hydrogen-bond donors (Lipinski definition) is 0. The van der Waals surface area contributed by atoms with Crippen molar-refractivity contribution in [1.29, 1.82) is 0 Å². The average Bonchev–Trinajstić information content (AvgIpc) is 1.14. The van der Waals surface area contributed by atoms with Crippen molar-refractivity contribution >= 4 is 27.1 Å². The molecule has 0 nitrogen and oxygen atoms in total. The summed E-state index contributed by atoms with van der Waals surface area (Å²) in [6, 6.07) is 0. The van der Waals surface area contributed by atoms with Crippen LogP contribution in [-0.2, 0) is 0 Å². The largest absolute Gasteiger partial charge is 0.692 e. The predicted octanol–water partition coefficient (Wildman–Crippen LogP) is 2.41. The molecule has 0 unspecified atom stereocenters. The summed E-state index contributed by atoms with van der Waals surface area (Å²) in [5.41, 5.74) is 0. The van der Waals surface area contributed by atoms with Crippen LogP contribution >= 0.6 is 10.7 Å². The van der Waals surface area contributed by atoms with Gasteiger partial charge >= 0.3 is 16.4 Å². The fourth-order valence-electron chi connectivity index (χ4n) is 0.131. The van der Waals surface area contributed by atoms with Gasteiger partial charge in [-0.05, 0) is 10.7 Å². The molecule has 0 aliphatic heterocycles. The van der Waals surface area contributed by atoms with Gasteiger partial charge in [-0.25, -0.2) is 24.6 Å². The van der Waals surface area contributed by atoms with Crippen molar-refractivity contribution in [3.8, 4) is 0 Å². The van der Waals surface area contributed by atoms with Crippen LogP contribution in [0.2, 0.25) is 0 Å². The van der Waals surface area contributed by atoms with E-state index in [4.69, 9.17) is 0 Å². The maximum absolute atomic E-state index is 11.0. The van der Waals surface area contributed by atoms with E-state index in [1.165, 1.54) is 0 Å². The molecule has 0 bridgehead atoms. The van der Waals surface area contributed by atoms with E-state index in [2.05, 4.69) is 0 Å². The van der Waals surface area contributed by atoms with Gasteiger partial charge in [-0.1, -0.05) is 0 Å². The molecule has 0 aromatic carbocycles. The molecular formula is F6SSi2. The lowest BCUT2D eigenvalue weighted by atomic mass is 18.7. The van der Waals surface area contributed by atoms with Crippen molar-refractivity contribution in [2.45, 2.75) is 0 Å². The molecule has 9 heavy (non-hydrogen) atoms. The van der Waals surface area contributed by atoms with Crippen LogP contribution in [0.4, 0.5) is 24.6 Å². The van der Waals surface area contributed by atoms with E-state index in [0.29, 0.717) is 0 Å². The van der Waals surface area contributed by atoms with Gasteiger partial charge in [0.2, 0.25) is 0 Å². The molecule has 0 rings (SSSR count). The summed E-state index contributed by atoms with van der Waals surface area (Å²) in [5.74, 6) is 0. The van der Waals surface area contributed by atoms with Crippen molar-refractivity contribution in [1.82, 2.24) is 0 Å². The molecule has 0 spiro atoms. The van der Waals surface area contributed by atoms with Crippen molar-refractivity contribution in [2.24, 2.45) is 0 Å². The monoisotopic (exact) mass is 202 g/mol. The number of hydrogen-bond acceptors (Lipinski definition) is 1. The smallest absolute Gasteiger partial charge is 0.229 e. The van der Waals surface area contributed by atoms with Gasteiger partial charge in [0.05, 0.1) is 0 Å². The highest BCUT2D eigenvalue weighted by atomic mass is 32.5. The van der Waals surface area contributed by atoms with Crippen LogP contribution in [0, 0.1) is 0 Å². The minimum absolute atomic E-state index is 1.71. The highest BCUT2D eigenvalue weighted by molar-refractivity contribution is 8.46. The fraction of sp³-hybridized carbons (Fsp3) is 0. The first-order chi connectivity index (χ1) is 3.71. The van der Waals surface area contributed by atoms with Crippen molar-refractivity contribution in [3.05, 3.63) is 0 Å². The number of halogens is 6. The first-order valence-corrected chi connectivity index (χ1v) is 7.08. The third kappa shape index (κ3) is 8.36. The Kier molecular flexibility index (Phi) is 2.64. The molecule has 0 fully saturated rings. The topological polar surface area (TPSA) is 0 Å². The van der Waals surface area contributed by atoms with E-state index < -0.39 is 27.1 Å². The van der Waals surface area contributed by atoms with Gasteiger partial charge < -0.3 is 0 Å². The molecule has 0 saturated carbocycles. The van der Waals surface area contributed by atoms with Crippen molar-refractivity contribution in [2.75, 3.05) is 0 Å². The summed E-state index contributed by atoms with van der Waals surface area (Å²) in [6.45, 7) is 0. The molecule has 0 amide bonds. The van der Waals surface area contributed by atoms with Gasteiger partial charge in [-0.15, -0.1) is 0 Å². The van der Waals surface area contributed by atoms with E-state index in [1.807, 2.05) is 0 Å². The molecule has 0 aromatic heterocycles. The zero-order valence-electron chi connectivity index (χ0n) is 3.68. The standard InChI is InChI=1S/F6SSi2/c1-8(2,3)7-9(4,5)6. The molecule has 0 aliphatic rings. The summed E-state index contributed by atoms with van der Waals surface area (Å²) in [4.78, 5) is 0. The first-order valence-electron chi connectivity index (χ1n) is 1.54. The van der Waals surface area contributed by atoms with Crippen molar-refractivity contribution < 1.29 is 24.6 Å². The van der Waals surface area contributed by atoms with Gasteiger partial charge in [0.15, 0.2) is 0 Å². The summed E-state index contributed by atoms with van der Waals surface area (Å²) >= 11 is 0. The van der Waals surface area contributed by atoms with Gasteiger partial charge in [-0.3, -0.25) is 0 Å². The Morgan fingerprint density at radius 2 is 0.889 bits per heavy atom. The van der Waals surface area contributed by atoms with E-state index in [-0.39, 0.29) is 0 Å². The normalized spacial score (nSPS) is 14.0. The number of rotatable bonds is 2. The second-order valence-corrected chi connectivity index (χ2v) is 8.21. The first kappa shape index (κ1) is 9.36. The molecular weight excluding hydrogens is 202 g/mol. The van der Waals surface area contributed by atoms with Gasteiger partial charge in [-0.2, -0.15) is 0 Å². The molecule has 0 radical (unpaired) electrons. The highest BCUT2D eigenvalue weighted by Crippen LogP contribution is 2.35. The van der Waals surface area contributed by atoms with Gasteiger partial charge in [0, 0.05) is 0 Å². The summed E-state index contributed by atoms with van der Waals surface area (Å²) < 4.78 is 65.8. The van der Waals surface area contributed by atoms with Gasteiger partial charge in [0.1, 0.15) is 0 Å². The van der Waals surface area contributed by atoms with Crippen LogP contribution in [0.25, 0.3) is 0 Å². The van der Waals surface area contributed by atoms with Crippen LogP contribution in [0.15, 0.2) is 0 Å². The average molecular weight is 202 g/mol. The Morgan fingerprint density at radius 3 is 0.889 bits per heavy atom. The molecule has 9 heteroatoms. The van der Waals surface area contributed by atoms with E-state index in [9.17, 15) is 24.6 Å². The Balaban J connectivity index is 3.75. The molecule has 56 valence electrons. The molecule has 0 heterocycles. The lowest BCUT2D eigenvalue weighted by molar-refractivity contribution is 0.508. The lowest BCUT2D eigenvalue weighted by Crippen LogP contribution is -2.22. The molecule has 0 aliphatic carbocycles. The lowest BCUT2D eigenvalue weighted by Gasteiger charge is -2.00. The maximum atomic E-state index is 11.0. The Morgan fingerprint density at radius 1 is 0.667 bits per heavy atom. The Labute approximate surface area is 52.6 Å². The van der Waals surface area contributed by atoms with E-state index in [0.717, 1.165) is 0 Å². The molecule has 0 aromatic rings. The predicted molar refractivity (Wildman–Crippen MR) is 25.7 cm³/mol. The second-order valence-electron chi connectivity index (χ2n) is 0.994. The Hall–Kier alpha value is 0.364. The SMILES string of the molecule is F[Si](F)(F)S[Si](F)(F)F. The minimum Gasteiger partial charge on any atom is -0.229 e. The van der Waals surface area contributed by atoms with Crippen LogP contribution in [-0.4, -0.2) is 16.4 Å². The molecule has 0 atom stereocenters. The quantitative estimate of drug-likeness (QED) is 0.376.